The van der Waals surface area contributed by atoms with Crippen LogP contribution in [0.15, 0.2) is 6.07 Å². The highest BCUT2D eigenvalue weighted by Gasteiger charge is 2.17. The minimum Gasteiger partial charge on any atom is -0.396 e. The molecule has 2 N–H and O–H groups in total. The van der Waals surface area contributed by atoms with Gasteiger partial charge in [-0.05, 0) is 24.8 Å². The number of rotatable bonds is 5. The van der Waals surface area contributed by atoms with Crippen LogP contribution in [0.2, 0.25) is 0 Å². The summed E-state index contributed by atoms with van der Waals surface area (Å²) in [6, 6.07) is 3.64. The third-order valence-electron chi connectivity index (χ3n) is 2.48. The average Bonchev–Trinajstić information content (AvgIpc) is 2.26. The number of nitriles is 1. The molecular weight excluding hydrogens is 216 g/mol. The van der Waals surface area contributed by atoms with Crippen LogP contribution < -0.4 is 5.32 Å². The summed E-state index contributed by atoms with van der Waals surface area (Å²) in [4.78, 5) is 8.28. The van der Waals surface area contributed by atoms with Gasteiger partial charge in [0.15, 0.2) is 0 Å². The fourth-order valence-corrected chi connectivity index (χ4v) is 1.41. The van der Waals surface area contributed by atoms with Crippen LogP contribution in [0.5, 0.6) is 0 Å². The van der Waals surface area contributed by atoms with Crippen molar-refractivity contribution < 1.29 is 5.11 Å². The smallest absolute Gasteiger partial charge is 0.224 e. The molecule has 1 rings (SSSR count). The van der Waals surface area contributed by atoms with Gasteiger partial charge >= 0.3 is 0 Å². The number of aliphatic hydroxyl groups is 1. The van der Waals surface area contributed by atoms with Gasteiger partial charge in [0, 0.05) is 18.8 Å². The number of nitrogens with one attached hydrogen (secondary N) is 1. The molecule has 17 heavy (non-hydrogen) atoms. The predicted octanol–water partition coefficient (Wildman–Crippen LogP) is 1.48. The molecule has 0 spiro atoms. The van der Waals surface area contributed by atoms with Crippen molar-refractivity contribution in [2.75, 3.05) is 18.5 Å². The van der Waals surface area contributed by atoms with Crippen molar-refractivity contribution in [2.24, 2.45) is 5.41 Å². The van der Waals surface area contributed by atoms with Gasteiger partial charge in [-0.25, -0.2) is 9.97 Å². The summed E-state index contributed by atoms with van der Waals surface area (Å²) in [6.07, 6.45) is 0.705. The Morgan fingerprint density at radius 3 is 2.76 bits per heavy atom. The molecule has 92 valence electrons. The SMILES string of the molecule is Cc1cc(C#N)nc(NCC(C)(C)CCO)n1. The van der Waals surface area contributed by atoms with E-state index >= 15 is 0 Å². The Bertz CT molecular complexity index is 423. The van der Waals surface area contributed by atoms with Crippen molar-refractivity contribution in [3.8, 4) is 6.07 Å². The minimum absolute atomic E-state index is 0.0331. The van der Waals surface area contributed by atoms with Crippen LogP contribution in [-0.4, -0.2) is 28.2 Å². The number of aryl methyl sites for hydroxylation is 1. The molecule has 1 heterocycles. The first kappa shape index (κ1) is 13.4. The second kappa shape index (κ2) is 5.60. The lowest BCUT2D eigenvalue weighted by Crippen LogP contribution is -2.25. The van der Waals surface area contributed by atoms with Gasteiger partial charge in [0.05, 0.1) is 0 Å². The zero-order chi connectivity index (χ0) is 12.9. The number of aliphatic hydroxyl groups excluding tert-OH is 1. The summed E-state index contributed by atoms with van der Waals surface area (Å²) in [5, 5.41) is 20.8. The van der Waals surface area contributed by atoms with Crippen LogP contribution in [0.3, 0.4) is 0 Å². The maximum Gasteiger partial charge on any atom is 0.224 e. The van der Waals surface area contributed by atoms with Gasteiger partial charge in [0.2, 0.25) is 5.95 Å². The van der Waals surface area contributed by atoms with Gasteiger partial charge in [-0.2, -0.15) is 5.26 Å². The lowest BCUT2D eigenvalue weighted by atomic mass is 9.90. The van der Waals surface area contributed by atoms with Crippen molar-refractivity contribution in [1.29, 1.82) is 5.26 Å². The number of anilines is 1. The number of hydrogen-bond donors (Lipinski definition) is 2. The Morgan fingerprint density at radius 2 is 2.18 bits per heavy atom. The summed E-state index contributed by atoms with van der Waals surface area (Å²) in [5.74, 6) is 0.465. The molecule has 0 saturated carbocycles. The van der Waals surface area contributed by atoms with E-state index in [1.54, 1.807) is 6.07 Å². The summed E-state index contributed by atoms with van der Waals surface area (Å²) in [6.45, 7) is 6.75. The first-order valence-corrected chi connectivity index (χ1v) is 5.57. The fourth-order valence-electron chi connectivity index (χ4n) is 1.41. The zero-order valence-electron chi connectivity index (χ0n) is 10.5. The van der Waals surface area contributed by atoms with Gasteiger partial charge in [0.25, 0.3) is 0 Å². The summed E-state index contributed by atoms with van der Waals surface area (Å²) in [7, 11) is 0. The maximum absolute atomic E-state index is 8.92. The molecule has 5 heteroatoms. The highest BCUT2D eigenvalue weighted by Crippen LogP contribution is 2.19. The largest absolute Gasteiger partial charge is 0.396 e. The van der Waals surface area contributed by atoms with Crippen molar-refractivity contribution in [3.63, 3.8) is 0 Å². The van der Waals surface area contributed by atoms with Gasteiger partial charge in [-0.15, -0.1) is 0 Å². The van der Waals surface area contributed by atoms with Crippen molar-refractivity contribution in [1.82, 2.24) is 9.97 Å². The standard InChI is InChI=1S/C12H18N4O/c1-9-6-10(7-13)16-11(15-9)14-8-12(2,3)4-5-17/h6,17H,4-5,8H2,1-3H3,(H,14,15,16). The van der Waals surface area contributed by atoms with Crippen LogP contribution in [0, 0.1) is 23.7 Å². The lowest BCUT2D eigenvalue weighted by molar-refractivity contribution is 0.220. The molecule has 0 fully saturated rings. The molecule has 0 radical (unpaired) electrons. The van der Waals surface area contributed by atoms with Crippen molar-refractivity contribution >= 4 is 5.95 Å². The van der Waals surface area contributed by atoms with Gasteiger partial charge in [-0.1, -0.05) is 13.8 Å². The molecule has 0 aliphatic heterocycles. The van der Waals surface area contributed by atoms with E-state index in [0.29, 0.717) is 24.6 Å². The number of hydrogen-bond acceptors (Lipinski definition) is 5. The Kier molecular flexibility index (Phi) is 4.41. The van der Waals surface area contributed by atoms with Gasteiger partial charge in [-0.3, -0.25) is 0 Å². The summed E-state index contributed by atoms with van der Waals surface area (Å²) >= 11 is 0. The van der Waals surface area contributed by atoms with E-state index in [1.807, 2.05) is 13.0 Å². The van der Waals surface area contributed by atoms with E-state index in [0.717, 1.165) is 5.69 Å². The van der Waals surface area contributed by atoms with E-state index in [9.17, 15) is 0 Å². The second-order valence-corrected chi connectivity index (χ2v) is 4.82. The minimum atomic E-state index is -0.0331. The summed E-state index contributed by atoms with van der Waals surface area (Å²) in [5.41, 5.74) is 1.09. The third-order valence-corrected chi connectivity index (χ3v) is 2.48. The fraction of sp³-hybridized carbons (Fsp3) is 0.583. The molecule has 1 aromatic heterocycles. The number of aromatic nitrogens is 2. The molecule has 0 bridgehead atoms. The molecule has 5 nitrogen and oxygen atoms in total. The van der Waals surface area contributed by atoms with Crippen LogP contribution in [0.1, 0.15) is 31.7 Å². The van der Waals surface area contributed by atoms with E-state index in [-0.39, 0.29) is 12.0 Å². The second-order valence-electron chi connectivity index (χ2n) is 4.82. The Labute approximate surface area is 102 Å². The Balaban J connectivity index is 2.70. The molecule has 0 aliphatic rings. The quantitative estimate of drug-likeness (QED) is 0.806. The number of nitrogens with zero attached hydrogens (tertiary/aromatic N) is 3. The molecular formula is C12H18N4O. The third kappa shape index (κ3) is 4.37. The van der Waals surface area contributed by atoms with Crippen molar-refractivity contribution in [2.45, 2.75) is 27.2 Å². The molecule has 0 atom stereocenters. The zero-order valence-corrected chi connectivity index (χ0v) is 10.5. The monoisotopic (exact) mass is 234 g/mol. The first-order valence-electron chi connectivity index (χ1n) is 5.57. The molecule has 0 aliphatic carbocycles. The van der Waals surface area contributed by atoms with Crippen LogP contribution in [0.25, 0.3) is 0 Å². The highest BCUT2D eigenvalue weighted by atomic mass is 16.3. The van der Waals surface area contributed by atoms with E-state index in [2.05, 4.69) is 29.1 Å². The predicted molar refractivity (Wildman–Crippen MR) is 65.5 cm³/mol. The van der Waals surface area contributed by atoms with Crippen molar-refractivity contribution in [3.05, 3.63) is 17.5 Å². The lowest BCUT2D eigenvalue weighted by Gasteiger charge is -2.23. The summed E-state index contributed by atoms with van der Waals surface area (Å²) < 4.78 is 0. The average molecular weight is 234 g/mol. The van der Waals surface area contributed by atoms with Crippen LogP contribution >= 0.6 is 0 Å². The molecule has 0 amide bonds. The molecule has 0 aromatic carbocycles. The first-order chi connectivity index (χ1) is 7.96. The van der Waals surface area contributed by atoms with Gasteiger partial charge in [0.1, 0.15) is 11.8 Å². The van der Waals surface area contributed by atoms with Gasteiger partial charge < -0.3 is 10.4 Å². The topological polar surface area (TPSA) is 81.8 Å². The van der Waals surface area contributed by atoms with E-state index in [4.69, 9.17) is 10.4 Å². The van der Waals surface area contributed by atoms with Crippen LogP contribution in [0.4, 0.5) is 5.95 Å². The van der Waals surface area contributed by atoms with E-state index < -0.39 is 0 Å². The molecule has 1 aromatic rings. The highest BCUT2D eigenvalue weighted by molar-refractivity contribution is 5.33. The van der Waals surface area contributed by atoms with Crippen LogP contribution in [-0.2, 0) is 0 Å². The van der Waals surface area contributed by atoms with E-state index in [1.165, 1.54) is 0 Å². The Hall–Kier alpha value is -1.67. The maximum atomic E-state index is 8.92. The molecule has 0 saturated heterocycles. The normalized spacial score (nSPS) is 11.0. The Morgan fingerprint density at radius 1 is 1.47 bits per heavy atom. The molecule has 0 unspecified atom stereocenters.